The topological polar surface area (TPSA) is 35.5 Å². The van der Waals surface area contributed by atoms with Crippen LogP contribution in [0, 0.1) is 5.92 Å². The van der Waals surface area contributed by atoms with Crippen molar-refractivity contribution in [2.75, 3.05) is 26.7 Å². The molecular formula is C11H26N2O. The number of likely N-dealkylation sites (N-methyl/N-ethyl adjacent to an activating group) is 2. The standard InChI is InChI=1S/C11H26N2O/c1-6-12-11(8-14)7-13(5)10(4)9(2)3/h9-12,14H,6-8H2,1-5H3. The lowest BCUT2D eigenvalue weighted by Crippen LogP contribution is -2.46. The van der Waals surface area contributed by atoms with Crippen LogP contribution < -0.4 is 5.32 Å². The van der Waals surface area contributed by atoms with Crippen LogP contribution in [0.15, 0.2) is 0 Å². The van der Waals surface area contributed by atoms with E-state index >= 15 is 0 Å². The van der Waals surface area contributed by atoms with Gasteiger partial charge in [0.15, 0.2) is 0 Å². The molecule has 0 amide bonds. The van der Waals surface area contributed by atoms with Crippen molar-refractivity contribution in [2.24, 2.45) is 5.92 Å². The molecule has 0 heterocycles. The lowest BCUT2D eigenvalue weighted by atomic mass is 10.0. The maximum atomic E-state index is 9.14. The van der Waals surface area contributed by atoms with Gasteiger partial charge in [-0.2, -0.15) is 0 Å². The average molecular weight is 202 g/mol. The summed E-state index contributed by atoms with van der Waals surface area (Å²) in [5.74, 6) is 0.654. The molecule has 0 radical (unpaired) electrons. The van der Waals surface area contributed by atoms with E-state index in [1.54, 1.807) is 0 Å². The molecule has 2 unspecified atom stereocenters. The molecule has 0 aromatic rings. The highest BCUT2D eigenvalue weighted by Gasteiger charge is 2.16. The van der Waals surface area contributed by atoms with Gasteiger partial charge in [0.2, 0.25) is 0 Å². The Morgan fingerprint density at radius 1 is 1.29 bits per heavy atom. The van der Waals surface area contributed by atoms with Crippen molar-refractivity contribution in [1.82, 2.24) is 10.2 Å². The van der Waals surface area contributed by atoms with Gasteiger partial charge in [-0.3, -0.25) is 0 Å². The Labute approximate surface area is 88.5 Å². The minimum atomic E-state index is 0.200. The number of aliphatic hydroxyl groups is 1. The number of nitrogens with zero attached hydrogens (tertiary/aromatic N) is 1. The molecule has 0 aliphatic rings. The zero-order valence-corrected chi connectivity index (χ0v) is 10.2. The van der Waals surface area contributed by atoms with Gasteiger partial charge in [0.1, 0.15) is 0 Å². The van der Waals surface area contributed by atoms with E-state index < -0.39 is 0 Å². The maximum absolute atomic E-state index is 9.14. The molecule has 0 spiro atoms. The van der Waals surface area contributed by atoms with E-state index in [0.29, 0.717) is 12.0 Å². The molecule has 3 heteroatoms. The summed E-state index contributed by atoms with van der Waals surface area (Å²) < 4.78 is 0. The Balaban J connectivity index is 3.94. The van der Waals surface area contributed by atoms with Gasteiger partial charge in [0.25, 0.3) is 0 Å². The number of hydrogen-bond donors (Lipinski definition) is 2. The number of aliphatic hydroxyl groups excluding tert-OH is 1. The first-order chi connectivity index (χ1) is 6.52. The summed E-state index contributed by atoms with van der Waals surface area (Å²) in [7, 11) is 2.12. The minimum absolute atomic E-state index is 0.200. The molecule has 0 saturated carbocycles. The van der Waals surface area contributed by atoms with Crippen molar-refractivity contribution in [3.05, 3.63) is 0 Å². The Bertz CT molecular complexity index is 139. The lowest BCUT2D eigenvalue weighted by Gasteiger charge is -2.31. The molecule has 86 valence electrons. The number of nitrogens with one attached hydrogen (secondary N) is 1. The van der Waals surface area contributed by atoms with Gasteiger partial charge in [-0.25, -0.2) is 0 Å². The highest BCUT2D eigenvalue weighted by atomic mass is 16.3. The van der Waals surface area contributed by atoms with Gasteiger partial charge >= 0.3 is 0 Å². The van der Waals surface area contributed by atoms with Crippen molar-refractivity contribution < 1.29 is 5.11 Å². The highest BCUT2D eigenvalue weighted by molar-refractivity contribution is 4.74. The first-order valence-corrected chi connectivity index (χ1v) is 5.57. The first-order valence-electron chi connectivity index (χ1n) is 5.57. The van der Waals surface area contributed by atoms with Crippen LogP contribution in [-0.4, -0.2) is 48.8 Å². The zero-order valence-electron chi connectivity index (χ0n) is 10.2. The molecule has 0 saturated heterocycles. The van der Waals surface area contributed by atoms with Gasteiger partial charge in [-0.05, 0) is 26.4 Å². The van der Waals surface area contributed by atoms with Crippen molar-refractivity contribution in [2.45, 2.75) is 39.8 Å². The van der Waals surface area contributed by atoms with Crippen LogP contribution in [0.3, 0.4) is 0 Å². The fraction of sp³-hybridized carbons (Fsp3) is 1.00. The summed E-state index contributed by atoms with van der Waals surface area (Å²) in [6, 6.07) is 0.758. The van der Waals surface area contributed by atoms with Crippen LogP contribution in [0.1, 0.15) is 27.7 Å². The van der Waals surface area contributed by atoms with E-state index in [4.69, 9.17) is 5.11 Å². The van der Waals surface area contributed by atoms with Crippen LogP contribution in [-0.2, 0) is 0 Å². The quantitative estimate of drug-likeness (QED) is 0.645. The van der Waals surface area contributed by atoms with E-state index in [0.717, 1.165) is 13.1 Å². The van der Waals surface area contributed by atoms with E-state index in [2.05, 4.69) is 45.0 Å². The molecule has 0 aliphatic carbocycles. The fourth-order valence-corrected chi connectivity index (χ4v) is 1.50. The number of hydrogen-bond acceptors (Lipinski definition) is 3. The average Bonchev–Trinajstić information content (AvgIpc) is 2.15. The monoisotopic (exact) mass is 202 g/mol. The third-order valence-electron chi connectivity index (χ3n) is 2.88. The zero-order chi connectivity index (χ0) is 11.1. The van der Waals surface area contributed by atoms with Gasteiger partial charge < -0.3 is 15.3 Å². The number of rotatable bonds is 7. The van der Waals surface area contributed by atoms with Crippen LogP contribution in [0.4, 0.5) is 0 Å². The predicted octanol–water partition coefficient (Wildman–Crippen LogP) is 0.933. The molecule has 14 heavy (non-hydrogen) atoms. The maximum Gasteiger partial charge on any atom is 0.0597 e. The van der Waals surface area contributed by atoms with E-state index in [-0.39, 0.29) is 12.6 Å². The van der Waals surface area contributed by atoms with Gasteiger partial charge in [-0.1, -0.05) is 20.8 Å². The largest absolute Gasteiger partial charge is 0.395 e. The summed E-state index contributed by atoms with van der Waals surface area (Å²) in [4.78, 5) is 2.30. The Hall–Kier alpha value is -0.120. The fourth-order valence-electron chi connectivity index (χ4n) is 1.50. The second kappa shape index (κ2) is 7.21. The SMILES string of the molecule is CCNC(CO)CN(C)C(C)C(C)C. The van der Waals surface area contributed by atoms with Crippen molar-refractivity contribution in [3.63, 3.8) is 0 Å². The van der Waals surface area contributed by atoms with Gasteiger partial charge in [0, 0.05) is 18.6 Å². The van der Waals surface area contributed by atoms with E-state index in [9.17, 15) is 0 Å². The van der Waals surface area contributed by atoms with Crippen LogP contribution in [0.2, 0.25) is 0 Å². The molecule has 2 N–H and O–H groups in total. The van der Waals surface area contributed by atoms with Gasteiger partial charge in [-0.15, -0.1) is 0 Å². The molecule has 0 fully saturated rings. The summed E-state index contributed by atoms with van der Waals surface area (Å²) >= 11 is 0. The van der Waals surface area contributed by atoms with Crippen LogP contribution >= 0.6 is 0 Å². The Kier molecular flexibility index (Phi) is 7.15. The molecule has 2 atom stereocenters. The van der Waals surface area contributed by atoms with E-state index in [1.165, 1.54) is 0 Å². The molecule has 0 bridgehead atoms. The van der Waals surface area contributed by atoms with Crippen molar-refractivity contribution >= 4 is 0 Å². The summed E-state index contributed by atoms with van der Waals surface area (Å²) in [5.41, 5.74) is 0. The van der Waals surface area contributed by atoms with Crippen molar-refractivity contribution in [1.29, 1.82) is 0 Å². The Morgan fingerprint density at radius 3 is 2.21 bits per heavy atom. The van der Waals surface area contributed by atoms with Crippen LogP contribution in [0.25, 0.3) is 0 Å². The van der Waals surface area contributed by atoms with Crippen molar-refractivity contribution in [3.8, 4) is 0 Å². The molecule has 0 aliphatic heterocycles. The Morgan fingerprint density at radius 2 is 1.86 bits per heavy atom. The predicted molar refractivity (Wildman–Crippen MR) is 61.5 cm³/mol. The van der Waals surface area contributed by atoms with Crippen LogP contribution in [0.5, 0.6) is 0 Å². The minimum Gasteiger partial charge on any atom is -0.395 e. The van der Waals surface area contributed by atoms with E-state index in [1.807, 2.05) is 0 Å². The van der Waals surface area contributed by atoms with Gasteiger partial charge in [0.05, 0.1) is 6.61 Å². The molecule has 0 aromatic carbocycles. The molecule has 3 nitrogen and oxygen atoms in total. The highest BCUT2D eigenvalue weighted by Crippen LogP contribution is 2.08. The first kappa shape index (κ1) is 13.9. The summed E-state index contributed by atoms with van der Waals surface area (Å²) in [6.07, 6.45) is 0. The second-order valence-corrected chi connectivity index (χ2v) is 4.36. The third-order valence-corrected chi connectivity index (χ3v) is 2.88. The third kappa shape index (κ3) is 4.94. The normalized spacial score (nSPS) is 16.3. The summed E-state index contributed by atoms with van der Waals surface area (Å²) in [5, 5.41) is 12.4. The molecular weight excluding hydrogens is 176 g/mol. The molecule has 0 aromatic heterocycles. The smallest absolute Gasteiger partial charge is 0.0597 e. The lowest BCUT2D eigenvalue weighted by molar-refractivity contribution is 0.154. The second-order valence-electron chi connectivity index (χ2n) is 4.36. The summed E-state index contributed by atoms with van der Waals surface area (Å²) in [6.45, 7) is 10.8. The molecule has 0 rings (SSSR count).